The zero-order valence-corrected chi connectivity index (χ0v) is 12.2. The molecule has 0 aliphatic carbocycles. The number of hydrogen-bond acceptors (Lipinski definition) is 3. The molecule has 3 nitrogen and oxygen atoms in total. The quantitative estimate of drug-likeness (QED) is 0.775. The maximum atomic E-state index is 12.2. The van der Waals surface area contributed by atoms with Crippen LogP contribution in [0, 0.1) is 11.8 Å². The number of carbonyl (C=O) groups excluding carboxylic acids is 1. The number of hydrogen-bond donors (Lipinski definition) is 0. The minimum absolute atomic E-state index is 0.00892. The number of hydroxylamine groups is 2. The molecule has 1 atom stereocenters. The fourth-order valence-corrected chi connectivity index (χ4v) is 2.39. The van der Waals surface area contributed by atoms with Gasteiger partial charge in [0.25, 0.3) is 5.91 Å². The van der Waals surface area contributed by atoms with E-state index in [0.29, 0.717) is 13.2 Å². The van der Waals surface area contributed by atoms with Crippen molar-refractivity contribution >= 4 is 23.0 Å². The Kier molecular flexibility index (Phi) is 4.66. The molecule has 1 aromatic rings. The highest BCUT2D eigenvalue weighted by Crippen LogP contribution is 2.24. The molecular weight excluding hydrogens is 258 g/mol. The summed E-state index contributed by atoms with van der Waals surface area (Å²) in [6.45, 7) is 5.11. The van der Waals surface area contributed by atoms with Crippen LogP contribution in [0.15, 0.2) is 30.3 Å². The lowest BCUT2D eigenvalue weighted by Gasteiger charge is -2.17. The molecule has 19 heavy (non-hydrogen) atoms. The zero-order valence-electron chi connectivity index (χ0n) is 11.3. The molecule has 1 unspecified atom stereocenters. The fourth-order valence-electron chi connectivity index (χ4n) is 2.18. The summed E-state index contributed by atoms with van der Waals surface area (Å²) >= 11 is 5.34. The van der Waals surface area contributed by atoms with Gasteiger partial charge in [-0.05, 0) is 17.9 Å². The van der Waals surface area contributed by atoms with Crippen molar-refractivity contribution in [3.05, 3.63) is 35.9 Å². The molecule has 0 N–H and O–H groups in total. The first-order chi connectivity index (χ1) is 9.09. The van der Waals surface area contributed by atoms with Crippen LogP contribution in [0.4, 0.5) is 0 Å². The molecule has 0 bridgehead atoms. The monoisotopic (exact) mass is 277 g/mol. The van der Waals surface area contributed by atoms with Gasteiger partial charge in [0, 0.05) is 11.4 Å². The molecule has 1 aromatic carbocycles. The van der Waals surface area contributed by atoms with E-state index in [2.05, 4.69) is 0 Å². The van der Waals surface area contributed by atoms with Crippen LogP contribution in [-0.2, 0) is 16.2 Å². The van der Waals surface area contributed by atoms with Crippen molar-refractivity contribution in [3.63, 3.8) is 0 Å². The molecule has 0 saturated carbocycles. The Morgan fingerprint density at radius 1 is 1.42 bits per heavy atom. The van der Waals surface area contributed by atoms with E-state index < -0.39 is 0 Å². The summed E-state index contributed by atoms with van der Waals surface area (Å²) in [5.74, 6) is 0.124. The maximum Gasteiger partial charge on any atom is 0.254 e. The van der Waals surface area contributed by atoms with Crippen molar-refractivity contribution in [1.82, 2.24) is 5.06 Å². The number of amides is 1. The highest BCUT2D eigenvalue weighted by atomic mass is 32.1. The van der Waals surface area contributed by atoms with Gasteiger partial charge in [0.1, 0.15) is 6.61 Å². The number of rotatable bonds is 5. The fraction of sp³-hybridized carbons (Fsp3) is 0.467. The summed E-state index contributed by atoms with van der Waals surface area (Å²) in [6.07, 6.45) is 0.768. The van der Waals surface area contributed by atoms with Gasteiger partial charge >= 0.3 is 0 Å². The van der Waals surface area contributed by atoms with Crippen molar-refractivity contribution < 1.29 is 9.63 Å². The normalized spacial score (nSPS) is 19.2. The van der Waals surface area contributed by atoms with E-state index in [-0.39, 0.29) is 17.7 Å². The molecule has 102 valence electrons. The van der Waals surface area contributed by atoms with Crippen LogP contribution in [0.3, 0.4) is 0 Å². The lowest BCUT2D eigenvalue weighted by Crippen LogP contribution is -2.31. The molecule has 1 saturated heterocycles. The summed E-state index contributed by atoms with van der Waals surface area (Å²) in [5.41, 5.74) is 1.06. The van der Waals surface area contributed by atoms with Gasteiger partial charge in [-0.1, -0.05) is 56.4 Å². The Bertz CT molecular complexity index is 458. The van der Waals surface area contributed by atoms with Gasteiger partial charge in [-0.15, -0.1) is 0 Å². The third-order valence-electron chi connectivity index (χ3n) is 3.31. The number of thiocarbonyl (C=S) groups is 1. The lowest BCUT2D eigenvalue weighted by atomic mass is 9.96. The third-order valence-corrected chi connectivity index (χ3v) is 4.06. The molecule has 1 heterocycles. The van der Waals surface area contributed by atoms with E-state index in [9.17, 15) is 4.79 Å². The van der Waals surface area contributed by atoms with E-state index in [1.165, 1.54) is 5.06 Å². The van der Waals surface area contributed by atoms with Crippen molar-refractivity contribution in [2.75, 3.05) is 6.54 Å². The van der Waals surface area contributed by atoms with E-state index in [0.717, 1.165) is 16.8 Å². The predicted octanol–water partition coefficient (Wildman–Crippen LogP) is 2.99. The molecular formula is C15H19NO2S. The molecule has 0 radical (unpaired) electrons. The Labute approximate surface area is 119 Å². The second-order valence-electron chi connectivity index (χ2n) is 5.10. The van der Waals surface area contributed by atoms with Gasteiger partial charge in [-0.2, -0.15) is 0 Å². The number of carbonyl (C=O) groups is 1. The van der Waals surface area contributed by atoms with Gasteiger partial charge in [-0.3, -0.25) is 9.63 Å². The standard InChI is InChI=1S/C15H19NO2S/c1-11(2)14(19)13-8-9-16(15(13)17)18-10-12-6-4-3-5-7-12/h3-7,11,13H,8-10H2,1-2H3. The van der Waals surface area contributed by atoms with Crippen LogP contribution >= 0.6 is 12.2 Å². The first-order valence-electron chi connectivity index (χ1n) is 6.61. The third kappa shape index (κ3) is 3.39. The molecule has 1 fully saturated rings. The highest BCUT2D eigenvalue weighted by Gasteiger charge is 2.36. The molecule has 2 rings (SSSR count). The van der Waals surface area contributed by atoms with Gasteiger partial charge < -0.3 is 0 Å². The largest absolute Gasteiger partial charge is 0.272 e. The van der Waals surface area contributed by atoms with E-state index in [1.54, 1.807) is 0 Å². The maximum absolute atomic E-state index is 12.2. The van der Waals surface area contributed by atoms with E-state index in [1.807, 2.05) is 44.2 Å². The Morgan fingerprint density at radius 2 is 2.11 bits per heavy atom. The summed E-state index contributed by atoms with van der Waals surface area (Å²) in [6, 6.07) is 9.84. The average molecular weight is 277 g/mol. The van der Waals surface area contributed by atoms with Crippen molar-refractivity contribution in [1.29, 1.82) is 0 Å². The topological polar surface area (TPSA) is 29.5 Å². The summed E-state index contributed by atoms with van der Waals surface area (Å²) in [4.78, 5) is 18.6. The van der Waals surface area contributed by atoms with Crippen LogP contribution < -0.4 is 0 Å². The van der Waals surface area contributed by atoms with Gasteiger partial charge in [0.2, 0.25) is 0 Å². The summed E-state index contributed by atoms with van der Waals surface area (Å²) < 4.78 is 0. The first-order valence-corrected chi connectivity index (χ1v) is 7.02. The predicted molar refractivity (Wildman–Crippen MR) is 78.5 cm³/mol. The summed E-state index contributed by atoms with van der Waals surface area (Å²) in [7, 11) is 0. The SMILES string of the molecule is CC(C)C(=S)C1CCN(OCc2ccccc2)C1=O. The Morgan fingerprint density at radius 3 is 2.74 bits per heavy atom. The molecule has 0 aromatic heterocycles. The van der Waals surface area contributed by atoms with Crippen LogP contribution in [0.5, 0.6) is 0 Å². The van der Waals surface area contributed by atoms with E-state index >= 15 is 0 Å². The van der Waals surface area contributed by atoms with Crippen LogP contribution in [0.1, 0.15) is 25.8 Å². The smallest absolute Gasteiger partial charge is 0.254 e. The van der Waals surface area contributed by atoms with Crippen molar-refractivity contribution in [3.8, 4) is 0 Å². The number of benzene rings is 1. The minimum Gasteiger partial charge on any atom is -0.272 e. The second-order valence-corrected chi connectivity index (χ2v) is 5.57. The van der Waals surface area contributed by atoms with Crippen molar-refractivity contribution in [2.24, 2.45) is 11.8 Å². The van der Waals surface area contributed by atoms with Crippen molar-refractivity contribution in [2.45, 2.75) is 26.9 Å². The van der Waals surface area contributed by atoms with Gasteiger partial charge in [0.05, 0.1) is 5.92 Å². The zero-order chi connectivity index (χ0) is 13.8. The molecule has 1 amide bonds. The minimum atomic E-state index is -0.147. The van der Waals surface area contributed by atoms with Gasteiger partial charge in [0.15, 0.2) is 0 Å². The van der Waals surface area contributed by atoms with E-state index in [4.69, 9.17) is 17.1 Å². The first kappa shape index (κ1) is 14.2. The molecule has 0 spiro atoms. The lowest BCUT2D eigenvalue weighted by molar-refractivity contribution is -0.183. The molecule has 1 aliphatic rings. The Balaban J connectivity index is 1.90. The number of nitrogens with zero attached hydrogens (tertiary/aromatic N) is 1. The molecule has 1 aliphatic heterocycles. The molecule has 4 heteroatoms. The highest BCUT2D eigenvalue weighted by molar-refractivity contribution is 7.80. The Hall–Kier alpha value is -1.26. The summed E-state index contributed by atoms with van der Waals surface area (Å²) in [5, 5.41) is 1.46. The second kappa shape index (κ2) is 6.26. The average Bonchev–Trinajstić information content (AvgIpc) is 2.78. The van der Waals surface area contributed by atoms with Gasteiger partial charge in [-0.25, -0.2) is 5.06 Å². The van der Waals surface area contributed by atoms with Crippen LogP contribution in [0.2, 0.25) is 0 Å². The van der Waals surface area contributed by atoms with Crippen LogP contribution in [-0.4, -0.2) is 22.4 Å². The van der Waals surface area contributed by atoms with Crippen LogP contribution in [0.25, 0.3) is 0 Å².